The van der Waals surface area contributed by atoms with Gasteiger partial charge in [-0.2, -0.15) is 0 Å². The SMILES string of the molecule is Cc1ccc(-c2ccc3ccc4c(-c5ccc(-n6c7ccccc7c7c8ccccc8c8ccccc8c76)cc5)ccc5ccc2c3c54)cc1. The molecule has 0 aliphatic rings. The van der Waals surface area contributed by atoms with Crippen molar-refractivity contribution in [3.05, 3.63) is 175 Å². The molecule has 0 saturated carbocycles. The topological polar surface area (TPSA) is 4.93 Å². The first-order chi connectivity index (χ1) is 24.7. The molecule has 0 saturated heterocycles. The predicted molar refractivity (Wildman–Crippen MR) is 215 cm³/mol. The van der Waals surface area contributed by atoms with E-state index in [1.165, 1.54) is 109 Å². The number of aryl methyl sites for hydroxylation is 1. The summed E-state index contributed by atoms with van der Waals surface area (Å²) in [6.45, 7) is 2.15. The quantitative estimate of drug-likeness (QED) is 0.171. The first-order valence-electron chi connectivity index (χ1n) is 17.4. The number of nitrogens with zero attached hydrogens (tertiary/aromatic N) is 1. The Balaban J connectivity index is 1.13. The van der Waals surface area contributed by atoms with Crippen LogP contribution in [0.3, 0.4) is 0 Å². The first kappa shape index (κ1) is 27.5. The van der Waals surface area contributed by atoms with Crippen LogP contribution in [0.5, 0.6) is 0 Å². The van der Waals surface area contributed by atoms with E-state index in [1.807, 2.05) is 0 Å². The number of benzene rings is 10. The van der Waals surface area contributed by atoms with Gasteiger partial charge in [0.2, 0.25) is 0 Å². The maximum atomic E-state index is 2.47. The van der Waals surface area contributed by atoms with E-state index in [4.69, 9.17) is 0 Å². The van der Waals surface area contributed by atoms with Gasteiger partial charge in [0.05, 0.1) is 11.0 Å². The summed E-state index contributed by atoms with van der Waals surface area (Å²) in [6, 6.07) is 63.1. The Labute approximate surface area is 289 Å². The number of rotatable bonds is 3. The highest BCUT2D eigenvalue weighted by molar-refractivity contribution is 6.32. The van der Waals surface area contributed by atoms with Crippen LogP contribution in [0.15, 0.2) is 170 Å². The van der Waals surface area contributed by atoms with Crippen molar-refractivity contribution >= 4 is 75.7 Å². The van der Waals surface area contributed by atoms with Gasteiger partial charge in [-0.3, -0.25) is 0 Å². The predicted octanol–water partition coefficient (Wildman–Crippen LogP) is 13.6. The smallest absolute Gasteiger partial charge is 0.0625 e. The zero-order chi connectivity index (χ0) is 32.9. The molecular weight excluding hydrogens is 603 g/mol. The van der Waals surface area contributed by atoms with E-state index in [-0.39, 0.29) is 0 Å². The van der Waals surface area contributed by atoms with Crippen molar-refractivity contribution in [3.63, 3.8) is 0 Å². The molecule has 232 valence electrons. The lowest BCUT2D eigenvalue weighted by molar-refractivity contribution is 1.19. The summed E-state index contributed by atoms with van der Waals surface area (Å²) < 4.78 is 2.47. The van der Waals surface area contributed by atoms with Gasteiger partial charge in [0.1, 0.15) is 0 Å². The van der Waals surface area contributed by atoms with Crippen molar-refractivity contribution in [2.45, 2.75) is 6.92 Å². The monoisotopic (exact) mass is 633 g/mol. The third-order valence-corrected chi connectivity index (χ3v) is 11.0. The summed E-state index contributed by atoms with van der Waals surface area (Å²) in [5.74, 6) is 0. The number of fused-ring (bicyclic) bond motifs is 8. The average molecular weight is 634 g/mol. The standard InChI is InChI=1S/C49H31N/c1-30-14-16-31(17-15-30)36-26-20-33-23-29-42-37(27-21-34-22-28-41(36)46(33)47(34)42)32-18-24-35(25-19-32)50-45-13-7-6-12-44(45)48-40-10-4-2-8-38(40)39-9-3-5-11-43(39)49(48)50/h2-29H,1H3. The number of hydrogen-bond donors (Lipinski definition) is 0. The zero-order valence-corrected chi connectivity index (χ0v) is 27.6. The third-order valence-electron chi connectivity index (χ3n) is 11.0. The van der Waals surface area contributed by atoms with Crippen molar-refractivity contribution < 1.29 is 0 Å². The van der Waals surface area contributed by atoms with Gasteiger partial charge in [-0.15, -0.1) is 0 Å². The molecule has 1 aromatic heterocycles. The summed E-state index contributed by atoms with van der Waals surface area (Å²) in [5.41, 5.74) is 9.97. The van der Waals surface area contributed by atoms with Crippen molar-refractivity contribution in [2.24, 2.45) is 0 Å². The summed E-state index contributed by atoms with van der Waals surface area (Å²) in [6.07, 6.45) is 0. The summed E-state index contributed by atoms with van der Waals surface area (Å²) in [4.78, 5) is 0. The molecule has 50 heavy (non-hydrogen) atoms. The Morgan fingerprint density at radius 1 is 0.340 bits per heavy atom. The van der Waals surface area contributed by atoms with Gasteiger partial charge in [0.15, 0.2) is 0 Å². The summed E-state index contributed by atoms with van der Waals surface area (Å²) in [7, 11) is 0. The molecule has 11 aromatic rings. The Hall–Kier alpha value is -6.44. The molecule has 0 atom stereocenters. The van der Waals surface area contributed by atoms with Crippen LogP contribution in [-0.2, 0) is 0 Å². The molecular formula is C49H31N. The molecule has 10 aromatic carbocycles. The fraction of sp³-hybridized carbons (Fsp3) is 0.0204. The normalized spacial score (nSPS) is 12.1. The van der Waals surface area contributed by atoms with Gasteiger partial charge < -0.3 is 4.57 Å². The van der Waals surface area contributed by atoms with E-state index >= 15 is 0 Å². The van der Waals surface area contributed by atoms with Crippen LogP contribution < -0.4 is 0 Å². The highest BCUT2D eigenvalue weighted by Crippen LogP contribution is 2.44. The third kappa shape index (κ3) is 3.78. The molecule has 0 radical (unpaired) electrons. The van der Waals surface area contributed by atoms with Crippen molar-refractivity contribution in [2.75, 3.05) is 0 Å². The Morgan fingerprint density at radius 2 is 0.820 bits per heavy atom. The molecule has 0 spiro atoms. The van der Waals surface area contributed by atoms with Gasteiger partial charge in [-0.1, -0.05) is 157 Å². The Bertz CT molecular complexity index is 3120. The van der Waals surface area contributed by atoms with Crippen LogP contribution in [-0.4, -0.2) is 4.57 Å². The van der Waals surface area contributed by atoms with E-state index in [9.17, 15) is 0 Å². The van der Waals surface area contributed by atoms with E-state index in [0.29, 0.717) is 0 Å². The van der Waals surface area contributed by atoms with Gasteiger partial charge in [-0.05, 0) is 95.9 Å². The lowest BCUT2D eigenvalue weighted by Gasteiger charge is -2.17. The molecule has 1 heteroatoms. The molecule has 0 N–H and O–H groups in total. The molecule has 0 unspecified atom stereocenters. The highest BCUT2D eigenvalue weighted by atomic mass is 15.0. The maximum Gasteiger partial charge on any atom is 0.0625 e. The molecule has 0 aliphatic carbocycles. The van der Waals surface area contributed by atoms with Gasteiger partial charge in [0.25, 0.3) is 0 Å². The molecule has 0 fully saturated rings. The van der Waals surface area contributed by atoms with Crippen molar-refractivity contribution in [1.29, 1.82) is 0 Å². The van der Waals surface area contributed by atoms with Crippen molar-refractivity contribution in [3.8, 4) is 27.9 Å². The minimum absolute atomic E-state index is 1.17. The van der Waals surface area contributed by atoms with Crippen LogP contribution in [0.2, 0.25) is 0 Å². The minimum Gasteiger partial charge on any atom is -0.309 e. The summed E-state index contributed by atoms with van der Waals surface area (Å²) in [5, 5.41) is 15.6. The van der Waals surface area contributed by atoms with E-state index in [0.717, 1.165) is 0 Å². The number of para-hydroxylation sites is 1. The van der Waals surface area contributed by atoms with Gasteiger partial charge in [0, 0.05) is 21.8 Å². The fourth-order valence-electron chi connectivity index (χ4n) is 8.72. The molecule has 0 amide bonds. The summed E-state index contributed by atoms with van der Waals surface area (Å²) >= 11 is 0. The zero-order valence-electron chi connectivity index (χ0n) is 27.6. The number of hydrogen-bond acceptors (Lipinski definition) is 0. The van der Waals surface area contributed by atoms with Crippen LogP contribution in [0, 0.1) is 6.92 Å². The van der Waals surface area contributed by atoms with Crippen LogP contribution >= 0.6 is 0 Å². The maximum absolute atomic E-state index is 2.47. The largest absolute Gasteiger partial charge is 0.309 e. The number of aromatic nitrogens is 1. The highest BCUT2D eigenvalue weighted by Gasteiger charge is 2.19. The Kier molecular flexibility index (Phi) is 5.66. The second-order valence-electron chi connectivity index (χ2n) is 13.7. The molecule has 0 bridgehead atoms. The fourth-order valence-corrected chi connectivity index (χ4v) is 8.72. The second kappa shape index (κ2) is 10.3. The molecule has 0 aliphatic heterocycles. The van der Waals surface area contributed by atoms with Gasteiger partial charge >= 0.3 is 0 Å². The van der Waals surface area contributed by atoms with E-state index in [2.05, 4.69) is 181 Å². The lowest BCUT2D eigenvalue weighted by atomic mass is 9.87. The second-order valence-corrected chi connectivity index (χ2v) is 13.7. The van der Waals surface area contributed by atoms with E-state index < -0.39 is 0 Å². The molecule has 1 heterocycles. The van der Waals surface area contributed by atoms with E-state index in [1.54, 1.807) is 0 Å². The van der Waals surface area contributed by atoms with Crippen molar-refractivity contribution in [1.82, 2.24) is 4.57 Å². The Morgan fingerprint density at radius 3 is 1.44 bits per heavy atom. The van der Waals surface area contributed by atoms with Crippen LogP contribution in [0.1, 0.15) is 5.56 Å². The average Bonchev–Trinajstić information content (AvgIpc) is 3.53. The minimum atomic E-state index is 1.17. The molecule has 1 nitrogen and oxygen atoms in total. The lowest BCUT2D eigenvalue weighted by Crippen LogP contribution is -1.95. The van der Waals surface area contributed by atoms with Crippen LogP contribution in [0.4, 0.5) is 0 Å². The van der Waals surface area contributed by atoms with Gasteiger partial charge in [-0.25, -0.2) is 0 Å². The van der Waals surface area contributed by atoms with Crippen LogP contribution in [0.25, 0.3) is 104 Å². The first-order valence-corrected chi connectivity index (χ1v) is 17.4. The molecule has 11 rings (SSSR count).